The molecule has 0 aliphatic rings. The molecule has 0 bridgehead atoms. The summed E-state index contributed by atoms with van der Waals surface area (Å²) in [5, 5.41) is 6.44. The predicted molar refractivity (Wildman–Crippen MR) is 90.6 cm³/mol. The third-order valence-electron chi connectivity index (χ3n) is 3.72. The van der Waals surface area contributed by atoms with Crippen molar-refractivity contribution in [2.24, 2.45) is 0 Å². The van der Waals surface area contributed by atoms with Crippen LogP contribution in [0.2, 0.25) is 0 Å². The Balaban J connectivity index is 1.95. The summed E-state index contributed by atoms with van der Waals surface area (Å²) in [4.78, 5) is 13.3. The fourth-order valence-corrected chi connectivity index (χ4v) is 3.05. The van der Waals surface area contributed by atoms with Crippen molar-refractivity contribution < 1.29 is 26.5 Å². The molecule has 0 radical (unpaired) electrons. The lowest BCUT2D eigenvalue weighted by atomic mass is 10.2. The molecule has 0 atom stereocenters. The second-order valence-electron chi connectivity index (χ2n) is 5.85. The van der Waals surface area contributed by atoms with Crippen LogP contribution in [0.25, 0.3) is 0 Å². The first-order valence-electron chi connectivity index (χ1n) is 7.63. The summed E-state index contributed by atoms with van der Waals surface area (Å²) in [6.07, 6.45) is 0. The van der Waals surface area contributed by atoms with Gasteiger partial charge >= 0.3 is 5.76 Å². The normalized spacial score (nSPS) is 12.0. The van der Waals surface area contributed by atoms with E-state index in [2.05, 4.69) is 10.5 Å². The number of aryl methyl sites for hydroxylation is 2. The highest BCUT2D eigenvalue weighted by molar-refractivity contribution is 7.91. The average molecular weight is 387 g/mol. The number of sulfone groups is 1. The second-order valence-corrected chi connectivity index (χ2v) is 7.77. The summed E-state index contributed by atoms with van der Waals surface area (Å²) in [6, 6.07) is 4.60. The number of anilines is 1. The van der Waals surface area contributed by atoms with Crippen molar-refractivity contribution >= 4 is 21.4 Å². The minimum atomic E-state index is -4.65. The van der Waals surface area contributed by atoms with E-state index in [1.54, 1.807) is 18.9 Å². The molecule has 1 amide bonds. The number of carbonyl (C=O) groups is 1. The number of nitrogens with zero attached hydrogens (tertiary/aromatic N) is 2. The number of likely N-dealkylation sites (N-methyl/N-ethyl adjacent to an activating group) is 1. The van der Waals surface area contributed by atoms with Gasteiger partial charge in [0.2, 0.25) is 15.7 Å². The quantitative estimate of drug-likeness (QED) is 0.784. The molecular formula is C16H19F2N3O4S. The molecular weight excluding hydrogens is 368 g/mol. The zero-order chi connectivity index (χ0) is 19.5. The topological polar surface area (TPSA) is 92.5 Å². The Morgan fingerprint density at radius 2 is 1.88 bits per heavy atom. The molecule has 2 aromatic rings. The summed E-state index contributed by atoms with van der Waals surface area (Å²) in [5.74, 6) is -3.13. The number of carbonyl (C=O) groups excluding carboxylic acids is 1. The summed E-state index contributed by atoms with van der Waals surface area (Å²) in [5.41, 5.74) is 1.97. The molecule has 0 spiro atoms. The molecule has 0 fully saturated rings. The highest BCUT2D eigenvalue weighted by atomic mass is 32.2. The molecule has 1 aromatic carbocycles. The van der Waals surface area contributed by atoms with Crippen LogP contribution in [0.1, 0.15) is 17.0 Å². The Morgan fingerprint density at radius 3 is 2.38 bits per heavy atom. The number of hydrogen-bond acceptors (Lipinski definition) is 6. The molecule has 142 valence electrons. The Kier molecular flexibility index (Phi) is 6.09. The van der Waals surface area contributed by atoms with Gasteiger partial charge in [0.05, 0.1) is 17.1 Å². The summed E-state index contributed by atoms with van der Waals surface area (Å²) < 4.78 is 52.8. The third kappa shape index (κ3) is 4.64. The first-order chi connectivity index (χ1) is 12.1. The molecule has 1 N–H and O–H groups in total. The van der Waals surface area contributed by atoms with Crippen molar-refractivity contribution in [3.63, 3.8) is 0 Å². The molecule has 0 saturated carbocycles. The van der Waals surface area contributed by atoms with Crippen LogP contribution < -0.4 is 5.32 Å². The average Bonchev–Trinajstić information content (AvgIpc) is 2.87. The Bertz CT molecular complexity index is 860. The van der Waals surface area contributed by atoms with E-state index < -0.39 is 20.5 Å². The summed E-state index contributed by atoms with van der Waals surface area (Å²) in [6.45, 7) is 4.15. The zero-order valence-corrected chi connectivity index (χ0v) is 15.3. The third-order valence-corrected chi connectivity index (χ3v) is 5.12. The highest BCUT2D eigenvalue weighted by Crippen LogP contribution is 2.20. The SMILES string of the molecule is Cc1noc(C)c1CN(C)CC(=O)Nc1ccc(S(=O)(=O)C(F)F)cc1. The van der Waals surface area contributed by atoms with E-state index >= 15 is 0 Å². The Hall–Kier alpha value is -2.33. The number of rotatable bonds is 7. The smallest absolute Gasteiger partial charge is 0.341 e. The lowest BCUT2D eigenvalue weighted by Crippen LogP contribution is -2.30. The number of amides is 1. The van der Waals surface area contributed by atoms with Gasteiger partial charge in [0, 0.05) is 17.8 Å². The van der Waals surface area contributed by atoms with Gasteiger partial charge in [-0.2, -0.15) is 8.78 Å². The van der Waals surface area contributed by atoms with E-state index in [1.807, 2.05) is 6.92 Å². The number of benzene rings is 1. The number of aromatic nitrogens is 1. The predicted octanol–water partition coefficient (Wildman–Crippen LogP) is 2.36. The van der Waals surface area contributed by atoms with Crippen molar-refractivity contribution in [1.29, 1.82) is 0 Å². The van der Waals surface area contributed by atoms with Gasteiger partial charge in [-0.05, 0) is 45.2 Å². The van der Waals surface area contributed by atoms with Crippen LogP contribution in [0.15, 0.2) is 33.7 Å². The number of nitrogens with one attached hydrogen (secondary N) is 1. The molecule has 0 aliphatic carbocycles. The lowest BCUT2D eigenvalue weighted by Gasteiger charge is -2.16. The van der Waals surface area contributed by atoms with Gasteiger partial charge in [-0.3, -0.25) is 9.69 Å². The number of alkyl halides is 2. The van der Waals surface area contributed by atoms with Crippen molar-refractivity contribution in [3.05, 3.63) is 41.3 Å². The minimum Gasteiger partial charge on any atom is -0.361 e. The van der Waals surface area contributed by atoms with Crippen molar-refractivity contribution in [1.82, 2.24) is 10.1 Å². The van der Waals surface area contributed by atoms with Crippen LogP contribution in [-0.4, -0.2) is 43.7 Å². The molecule has 10 heteroatoms. The van der Waals surface area contributed by atoms with Crippen LogP contribution in [-0.2, 0) is 21.2 Å². The van der Waals surface area contributed by atoms with E-state index in [4.69, 9.17) is 4.52 Å². The molecule has 0 saturated heterocycles. The van der Waals surface area contributed by atoms with E-state index in [1.165, 1.54) is 12.1 Å². The van der Waals surface area contributed by atoms with Gasteiger partial charge < -0.3 is 9.84 Å². The van der Waals surface area contributed by atoms with Crippen molar-refractivity contribution in [2.45, 2.75) is 31.0 Å². The van der Waals surface area contributed by atoms with Crippen LogP contribution in [0.3, 0.4) is 0 Å². The van der Waals surface area contributed by atoms with Gasteiger partial charge in [-0.25, -0.2) is 8.42 Å². The van der Waals surface area contributed by atoms with E-state index in [9.17, 15) is 22.0 Å². The highest BCUT2D eigenvalue weighted by Gasteiger charge is 2.26. The van der Waals surface area contributed by atoms with Crippen molar-refractivity contribution in [2.75, 3.05) is 18.9 Å². The van der Waals surface area contributed by atoms with Gasteiger partial charge in [0.15, 0.2) is 0 Å². The molecule has 26 heavy (non-hydrogen) atoms. The Labute approximate surface area is 149 Å². The van der Waals surface area contributed by atoms with Crippen LogP contribution in [0.5, 0.6) is 0 Å². The second kappa shape index (κ2) is 7.92. The Morgan fingerprint density at radius 1 is 1.27 bits per heavy atom. The van der Waals surface area contributed by atoms with Gasteiger partial charge in [-0.1, -0.05) is 5.16 Å². The van der Waals surface area contributed by atoms with Gasteiger partial charge in [0.25, 0.3) is 0 Å². The molecule has 1 heterocycles. The zero-order valence-electron chi connectivity index (χ0n) is 14.5. The van der Waals surface area contributed by atoms with Crippen LogP contribution in [0, 0.1) is 13.8 Å². The van der Waals surface area contributed by atoms with Gasteiger partial charge in [0.1, 0.15) is 5.76 Å². The first-order valence-corrected chi connectivity index (χ1v) is 9.18. The maximum atomic E-state index is 12.5. The number of hydrogen-bond donors (Lipinski definition) is 1. The molecule has 0 unspecified atom stereocenters. The lowest BCUT2D eigenvalue weighted by molar-refractivity contribution is -0.117. The van der Waals surface area contributed by atoms with E-state index in [0.717, 1.165) is 23.4 Å². The van der Waals surface area contributed by atoms with Crippen molar-refractivity contribution in [3.8, 4) is 0 Å². The maximum Gasteiger partial charge on any atom is 0.341 e. The monoisotopic (exact) mass is 387 g/mol. The standard InChI is InChI=1S/C16H19F2N3O4S/c1-10-14(11(2)25-20-10)8-21(3)9-15(22)19-12-4-6-13(7-5-12)26(23,24)16(17)18/h4-7,16H,8-9H2,1-3H3,(H,19,22). The van der Waals surface area contributed by atoms with Gasteiger partial charge in [-0.15, -0.1) is 0 Å². The molecule has 0 aliphatic heterocycles. The van der Waals surface area contributed by atoms with Crippen LogP contribution >= 0.6 is 0 Å². The molecule has 1 aromatic heterocycles. The summed E-state index contributed by atoms with van der Waals surface area (Å²) >= 11 is 0. The minimum absolute atomic E-state index is 0.0706. The van der Waals surface area contributed by atoms with E-state index in [-0.39, 0.29) is 12.5 Å². The summed E-state index contributed by atoms with van der Waals surface area (Å²) in [7, 11) is -2.89. The number of halogens is 2. The van der Waals surface area contributed by atoms with Crippen LogP contribution in [0.4, 0.5) is 14.5 Å². The first kappa shape index (κ1) is 20.0. The molecule has 7 nitrogen and oxygen atoms in total. The fourth-order valence-electron chi connectivity index (χ4n) is 2.33. The molecule has 2 rings (SSSR count). The largest absolute Gasteiger partial charge is 0.361 e. The fraction of sp³-hybridized carbons (Fsp3) is 0.375. The maximum absolute atomic E-state index is 12.5. The van der Waals surface area contributed by atoms with E-state index in [0.29, 0.717) is 18.0 Å².